The molecule has 0 atom stereocenters. The van der Waals surface area contributed by atoms with Gasteiger partial charge in [-0.3, -0.25) is 0 Å². The fourth-order valence-electron chi connectivity index (χ4n) is 2.17. The number of rotatable bonds is 8. The van der Waals surface area contributed by atoms with Gasteiger partial charge in [0, 0.05) is 28.4 Å². The van der Waals surface area contributed by atoms with Crippen molar-refractivity contribution in [2.24, 2.45) is 0 Å². The molecule has 0 aliphatic heterocycles. The molecule has 0 radical (unpaired) electrons. The Kier molecular flexibility index (Phi) is 7.05. The molecule has 0 aromatic heterocycles. The molecule has 0 amide bonds. The van der Waals surface area contributed by atoms with Crippen LogP contribution >= 0.6 is 23.4 Å². The molecule has 19 heavy (non-hydrogen) atoms. The molecule has 0 heterocycles. The van der Waals surface area contributed by atoms with Gasteiger partial charge in [0.1, 0.15) is 5.75 Å². The minimum absolute atomic E-state index is 0.325. The Morgan fingerprint density at radius 1 is 1.32 bits per heavy atom. The highest BCUT2D eigenvalue weighted by Gasteiger charge is 2.24. The smallest absolute Gasteiger partial charge is 0.123 e. The maximum absolute atomic E-state index is 6.04. The van der Waals surface area contributed by atoms with E-state index < -0.39 is 0 Å². The molecule has 0 fully saturated rings. The van der Waals surface area contributed by atoms with Crippen LogP contribution in [0, 0.1) is 0 Å². The molecule has 0 bridgehead atoms. The van der Waals surface area contributed by atoms with Gasteiger partial charge in [0.15, 0.2) is 0 Å². The second kappa shape index (κ2) is 8.03. The Morgan fingerprint density at radius 2 is 2.00 bits per heavy atom. The normalized spacial score (nSPS) is 11.6. The summed E-state index contributed by atoms with van der Waals surface area (Å²) in [6, 6.07) is 5.74. The van der Waals surface area contributed by atoms with Crippen LogP contribution in [-0.4, -0.2) is 24.7 Å². The first-order valence-electron chi connectivity index (χ1n) is 6.69. The highest BCUT2D eigenvalue weighted by Crippen LogP contribution is 2.30. The number of thioether (sulfide) groups is 1. The zero-order chi connectivity index (χ0) is 14.3. The molecular formula is C15H24ClNOS. The van der Waals surface area contributed by atoms with Gasteiger partial charge < -0.3 is 10.1 Å². The first-order valence-corrected chi connectivity index (χ1v) is 8.29. The fourth-order valence-corrected chi connectivity index (χ4v) is 3.19. The van der Waals surface area contributed by atoms with E-state index in [1.165, 1.54) is 12.8 Å². The second-order valence-electron chi connectivity index (χ2n) is 4.65. The van der Waals surface area contributed by atoms with Gasteiger partial charge >= 0.3 is 0 Å². The fraction of sp³-hybridized carbons (Fsp3) is 0.600. The summed E-state index contributed by atoms with van der Waals surface area (Å²) in [7, 11) is 1.69. The van der Waals surface area contributed by atoms with E-state index in [2.05, 4.69) is 25.4 Å². The van der Waals surface area contributed by atoms with Crippen LogP contribution < -0.4 is 10.1 Å². The van der Waals surface area contributed by atoms with Crippen molar-refractivity contribution in [2.75, 3.05) is 19.9 Å². The molecule has 2 nitrogen and oxygen atoms in total. The molecule has 108 valence electrons. The zero-order valence-corrected chi connectivity index (χ0v) is 13.8. The summed E-state index contributed by atoms with van der Waals surface area (Å²) in [6.45, 7) is 6.28. The minimum Gasteiger partial charge on any atom is -0.496 e. The van der Waals surface area contributed by atoms with Crippen LogP contribution in [0.4, 0.5) is 0 Å². The van der Waals surface area contributed by atoms with Crippen molar-refractivity contribution >= 4 is 23.4 Å². The molecule has 1 aromatic rings. The van der Waals surface area contributed by atoms with Crippen molar-refractivity contribution in [3.8, 4) is 5.75 Å². The number of hydrogen-bond donors (Lipinski definition) is 1. The molecular weight excluding hydrogens is 278 g/mol. The monoisotopic (exact) mass is 301 g/mol. The Labute approximate surface area is 126 Å². The second-order valence-corrected chi connectivity index (χ2v) is 6.36. The van der Waals surface area contributed by atoms with E-state index in [9.17, 15) is 0 Å². The number of benzene rings is 1. The lowest BCUT2D eigenvalue weighted by atomic mass is 10.0. The van der Waals surface area contributed by atoms with E-state index in [0.717, 1.165) is 29.4 Å². The summed E-state index contributed by atoms with van der Waals surface area (Å²) in [5.41, 5.74) is 1.11. The van der Waals surface area contributed by atoms with Crippen molar-refractivity contribution in [1.29, 1.82) is 0 Å². The third-order valence-electron chi connectivity index (χ3n) is 3.73. The lowest BCUT2D eigenvalue weighted by Crippen LogP contribution is -2.36. The maximum atomic E-state index is 6.04. The van der Waals surface area contributed by atoms with Crippen molar-refractivity contribution in [3.05, 3.63) is 28.8 Å². The summed E-state index contributed by atoms with van der Waals surface area (Å²) in [5.74, 6) is 0.889. The molecule has 0 unspecified atom stereocenters. The predicted octanol–water partition coefficient (Wildman–Crippen LogP) is 4.36. The van der Waals surface area contributed by atoms with E-state index in [-0.39, 0.29) is 0 Å². The third-order valence-corrected chi connectivity index (χ3v) is 5.55. The Bertz CT molecular complexity index is 385. The van der Waals surface area contributed by atoms with Crippen LogP contribution in [0.1, 0.15) is 32.3 Å². The summed E-state index contributed by atoms with van der Waals surface area (Å²) in [4.78, 5) is 0. The van der Waals surface area contributed by atoms with Crippen LogP contribution in [0.2, 0.25) is 5.02 Å². The average molecular weight is 302 g/mol. The van der Waals surface area contributed by atoms with Crippen molar-refractivity contribution in [2.45, 2.75) is 38.0 Å². The average Bonchev–Trinajstić information content (AvgIpc) is 2.44. The lowest BCUT2D eigenvalue weighted by Gasteiger charge is -2.30. The summed E-state index contributed by atoms with van der Waals surface area (Å²) in [5, 5.41) is 4.29. The first kappa shape index (κ1) is 16.7. The maximum Gasteiger partial charge on any atom is 0.123 e. The number of nitrogens with one attached hydrogen (secondary N) is 1. The van der Waals surface area contributed by atoms with Crippen LogP contribution in [-0.2, 0) is 6.54 Å². The SMILES string of the molecule is CCC(CC)(CNCc1cc(Cl)ccc1OC)SC. The van der Waals surface area contributed by atoms with Crippen LogP contribution in [0.15, 0.2) is 18.2 Å². The number of ether oxygens (including phenoxy) is 1. The van der Waals surface area contributed by atoms with E-state index in [1.54, 1.807) is 7.11 Å². The van der Waals surface area contributed by atoms with Crippen molar-refractivity contribution in [1.82, 2.24) is 5.32 Å². The van der Waals surface area contributed by atoms with Gasteiger partial charge in [0.05, 0.1) is 7.11 Å². The van der Waals surface area contributed by atoms with Gasteiger partial charge in [0.2, 0.25) is 0 Å². The molecule has 1 rings (SSSR count). The zero-order valence-electron chi connectivity index (χ0n) is 12.3. The summed E-state index contributed by atoms with van der Waals surface area (Å²) >= 11 is 7.98. The van der Waals surface area contributed by atoms with Gasteiger partial charge in [0.25, 0.3) is 0 Å². The number of halogens is 1. The van der Waals surface area contributed by atoms with E-state index >= 15 is 0 Å². The molecule has 0 aliphatic carbocycles. The molecule has 1 aromatic carbocycles. The standard InChI is InChI=1S/C15H24ClNOS/c1-5-15(6-2,19-4)11-17-10-12-9-13(16)7-8-14(12)18-3/h7-9,17H,5-6,10-11H2,1-4H3. The van der Waals surface area contributed by atoms with Crippen LogP contribution in [0.5, 0.6) is 5.75 Å². The molecule has 4 heteroatoms. The lowest BCUT2D eigenvalue weighted by molar-refractivity contribution is 0.406. The number of methoxy groups -OCH3 is 1. The van der Waals surface area contributed by atoms with E-state index in [1.807, 2.05) is 30.0 Å². The summed E-state index contributed by atoms with van der Waals surface area (Å²) in [6.07, 6.45) is 4.53. The highest BCUT2D eigenvalue weighted by molar-refractivity contribution is 8.00. The predicted molar refractivity (Wildman–Crippen MR) is 86.5 cm³/mol. The van der Waals surface area contributed by atoms with Gasteiger partial charge in [-0.25, -0.2) is 0 Å². The topological polar surface area (TPSA) is 21.3 Å². The Morgan fingerprint density at radius 3 is 2.53 bits per heavy atom. The number of hydrogen-bond acceptors (Lipinski definition) is 3. The van der Waals surface area contributed by atoms with Gasteiger partial charge in [-0.05, 0) is 37.3 Å². The highest BCUT2D eigenvalue weighted by atomic mass is 35.5. The molecule has 0 aliphatic rings. The largest absolute Gasteiger partial charge is 0.496 e. The summed E-state index contributed by atoms with van der Waals surface area (Å²) < 4.78 is 5.68. The van der Waals surface area contributed by atoms with Gasteiger partial charge in [-0.1, -0.05) is 25.4 Å². The van der Waals surface area contributed by atoms with Crippen molar-refractivity contribution in [3.63, 3.8) is 0 Å². The van der Waals surface area contributed by atoms with Gasteiger partial charge in [-0.2, -0.15) is 11.8 Å². The van der Waals surface area contributed by atoms with E-state index in [0.29, 0.717) is 4.75 Å². The van der Waals surface area contributed by atoms with Gasteiger partial charge in [-0.15, -0.1) is 0 Å². The third kappa shape index (κ3) is 4.59. The quantitative estimate of drug-likeness (QED) is 0.771. The van der Waals surface area contributed by atoms with Crippen molar-refractivity contribution < 1.29 is 4.74 Å². The van der Waals surface area contributed by atoms with Crippen LogP contribution in [0.3, 0.4) is 0 Å². The van der Waals surface area contributed by atoms with E-state index in [4.69, 9.17) is 16.3 Å². The Balaban J connectivity index is 2.64. The Hall–Kier alpha value is -0.380. The molecule has 1 N–H and O–H groups in total. The molecule has 0 saturated carbocycles. The molecule has 0 spiro atoms. The minimum atomic E-state index is 0.325. The first-order chi connectivity index (χ1) is 9.10. The molecule has 0 saturated heterocycles. The van der Waals surface area contributed by atoms with Crippen LogP contribution in [0.25, 0.3) is 0 Å².